The van der Waals surface area contributed by atoms with E-state index >= 15 is 0 Å². The van der Waals surface area contributed by atoms with Gasteiger partial charge in [0.1, 0.15) is 6.04 Å². The molecular formula is C17H20N2O2. The molecule has 4 heteroatoms. The van der Waals surface area contributed by atoms with Gasteiger partial charge >= 0.3 is 0 Å². The van der Waals surface area contributed by atoms with Crippen molar-refractivity contribution >= 4 is 11.6 Å². The molecule has 21 heavy (non-hydrogen) atoms. The van der Waals surface area contributed by atoms with Crippen molar-refractivity contribution in [3.05, 3.63) is 64.1 Å². The summed E-state index contributed by atoms with van der Waals surface area (Å²) in [5.41, 5.74) is 2.56. The maximum absolute atomic E-state index is 12.3. The van der Waals surface area contributed by atoms with Crippen LogP contribution in [0, 0.1) is 6.92 Å². The Bertz CT molecular complexity index is 687. The fraction of sp³-hybridized carbons (Fsp3) is 0.294. The van der Waals surface area contributed by atoms with Crippen LogP contribution in [-0.4, -0.2) is 10.5 Å². The van der Waals surface area contributed by atoms with Crippen LogP contribution in [0.5, 0.6) is 0 Å². The zero-order valence-electron chi connectivity index (χ0n) is 12.6. The number of benzene rings is 1. The van der Waals surface area contributed by atoms with E-state index in [2.05, 4.69) is 12.2 Å². The highest BCUT2D eigenvalue weighted by molar-refractivity contribution is 5.93. The molecule has 110 valence electrons. The van der Waals surface area contributed by atoms with Crippen molar-refractivity contribution in [3.8, 4) is 0 Å². The highest BCUT2D eigenvalue weighted by Gasteiger charge is 2.17. The number of nitrogens with zero attached hydrogens (tertiary/aromatic N) is 1. The second-order valence-corrected chi connectivity index (χ2v) is 5.09. The summed E-state index contributed by atoms with van der Waals surface area (Å²) in [5.74, 6) is -0.198. The number of hydrogen-bond donors (Lipinski definition) is 1. The van der Waals surface area contributed by atoms with Crippen molar-refractivity contribution in [1.82, 2.24) is 4.57 Å². The molecule has 1 heterocycles. The van der Waals surface area contributed by atoms with Crippen LogP contribution in [0.15, 0.2) is 47.3 Å². The first-order valence-electron chi connectivity index (χ1n) is 7.11. The minimum absolute atomic E-state index is 0.168. The van der Waals surface area contributed by atoms with E-state index in [4.69, 9.17) is 0 Å². The molecule has 2 aromatic rings. The summed E-state index contributed by atoms with van der Waals surface area (Å²) < 4.78 is 1.50. The van der Waals surface area contributed by atoms with Gasteiger partial charge in [-0.25, -0.2) is 0 Å². The Kier molecular flexibility index (Phi) is 4.58. The van der Waals surface area contributed by atoms with Gasteiger partial charge in [-0.3, -0.25) is 9.59 Å². The minimum atomic E-state index is -0.551. The van der Waals surface area contributed by atoms with Gasteiger partial charge in [0.2, 0.25) is 5.91 Å². The molecule has 0 bridgehead atoms. The van der Waals surface area contributed by atoms with E-state index in [9.17, 15) is 9.59 Å². The van der Waals surface area contributed by atoms with Crippen molar-refractivity contribution in [1.29, 1.82) is 0 Å². The van der Waals surface area contributed by atoms with Gasteiger partial charge in [-0.05, 0) is 44.0 Å². The molecule has 1 amide bonds. The lowest BCUT2D eigenvalue weighted by Gasteiger charge is -2.17. The molecule has 2 rings (SSSR count). The Morgan fingerprint density at radius 3 is 2.43 bits per heavy atom. The summed E-state index contributed by atoms with van der Waals surface area (Å²) in [6.45, 7) is 5.63. The maximum Gasteiger partial charge on any atom is 0.251 e. The van der Waals surface area contributed by atoms with Crippen LogP contribution in [0.1, 0.15) is 31.1 Å². The van der Waals surface area contributed by atoms with Crippen molar-refractivity contribution in [3.63, 3.8) is 0 Å². The summed E-state index contributed by atoms with van der Waals surface area (Å²) >= 11 is 0. The predicted octanol–water partition coefficient (Wildman–Crippen LogP) is 2.92. The largest absolute Gasteiger partial charge is 0.324 e. The van der Waals surface area contributed by atoms with Crippen LogP contribution >= 0.6 is 0 Å². The van der Waals surface area contributed by atoms with Crippen LogP contribution in [0.4, 0.5) is 5.69 Å². The normalized spacial score (nSPS) is 12.0. The van der Waals surface area contributed by atoms with Crippen molar-refractivity contribution < 1.29 is 4.79 Å². The third kappa shape index (κ3) is 3.40. The number of carbonyl (C=O) groups is 1. The predicted molar refractivity (Wildman–Crippen MR) is 84.6 cm³/mol. The van der Waals surface area contributed by atoms with Gasteiger partial charge in [0.05, 0.1) is 0 Å². The molecule has 0 aliphatic carbocycles. The van der Waals surface area contributed by atoms with Crippen LogP contribution in [-0.2, 0) is 11.2 Å². The Labute approximate surface area is 124 Å². The average Bonchev–Trinajstić information content (AvgIpc) is 2.47. The third-order valence-corrected chi connectivity index (χ3v) is 3.59. The van der Waals surface area contributed by atoms with Gasteiger partial charge in [0.15, 0.2) is 0 Å². The molecule has 0 radical (unpaired) electrons. The van der Waals surface area contributed by atoms with Crippen molar-refractivity contribution in [2.75, 3.05) is 5.32 Å². The molecule has 0 aliphatic heterocycles. The van der Waals surface area contributed by atoms with Crippen LogP contribution < -0.4 is 10.9 Å². The lowest BCUT2D eigenvalue weighted by molar-refractivity contribution is -0.118. The Morgan fingerprint density at radius 1 is 1.19 bits per heavy atom. The number of nitrogens with one attached hydrogen (secondary N) is 1. The topological polar surface area (TPSA) is 51.1 Å². The Balaban J connectivity index is 2.17. The fourth-order valence-electron chi connectivity index (χ4n) is 2.29. The van der Waals surface area contributed by atoms with Crippen LogP contribution in [0.2, 0.25) is 0 Å². The highest BCUT2D eigenvalue weighted by atomic mass is 16.2. The zero-order valence-corrected chi connectivity index (χ0v) is 12.6. The number of aromatic nitrogens is 1. The number of rotatable bonds is 4. The van der Waals surface area contributed by atoms with E-state index in [-0.39, 0.29) is 11.5 Å². The van der Waals surface area contributed by atoms with Gasteiger partial charge in [-0.15, -0.1) is 0 Å². The first-order chi connectivity index (χ1) is 10.0. The average molecular weight is 284 g/mol. The minimum Gasteiger partial charge on any atom is -0.324 e. The van der Waals surface area contributed by atoms with Gasteiger partial charge < -0.3 is 9.88 Å². The van der Waals surface area contributed by atoms with E-state index in [0.717, 1.165) is 17.8 Å². The second kappa shape index (κ2) is 6.39. The maximum atomic E-state index is 12.3. The molecule has 1 unspecified atom stereocenters. The molecule has 4 nitrogen and oxygen atoms in total. The number of aryl methyl sites for hydroxylation is 2. The molecule has 1 N–H and O–H groups in total. The number of amides is 1. The Morgan fingerprint density at radius 2 is 1.86 bits per heavy atom. The van der Waals surface area contributed by atoms with Gasteiger partial charge in [-0.2, -0.15) is 0 Å². The molecular weight excluding hydrogens is 264 g/mol. The molecule has 1 atom stereocenters. The molecule has 0 fully saturated rings. The first kappa shape index (κ1) is 15.0. The summed E-state index contributed by atoms with van der Waals surface area (Å²) in [5, 5.41) is 2.85. The standard InChI is InChI=1S/C17H20N2O2/c1-4-14-8-10-15(11-9-14)18-17(21)13(3)19-12(2)6-5-7-16(19)20/h5-11,13H,4H2,1-3H3,(H,18,21). The third-order valence-electron chi connectivity index (χ3n) is 3.59. The van der Waals surface area contributed by atoms with Gasteiger partial charge in [0, 0.05) is 17.4 Å². The highest BCUT2D eigenvalue weighted by Crippen LogP contribution is 2.13. The summed E-state index contributed by atoms with van der Waals surface area (Å²) in [7, 11) is 0. The van der Waals surface area contributed by atoms with E-state index in [1.807, 2.05) is 37.3 Å². The van der Waals surface area contributed by atoms with E-state index in [0.29, 0.717) is 0 Å². The van der Waals surface area contributed by atoms with E-state index in [1.54, 1.807) is 13.0 Å². The quantitative estimate of drug-likeness (QED) is 0.938. The zero-order chi connectivity index (χ0) is 15.4. The van der Waals surface area contributed by atoms with Crippen LogP contribution in [0.3, 0.4) is 0 Å². The van der Waals surface area contributed by atoms with E-state index < -0.39 is 6.04 Å². The van der Waals surface area contributed by atoms with E-state index in [1.165, 1.54) is 16.2 Å². The second-order valence-electron chi connectivity index (χ2n) is 5.09. The number of anilines is 1. The summed E-state index contributed by atoms with van der Waals surface area (Å²) in [4.78, 5) is 24.2. The lowest BCUT2D eigenvalue weighted by atomic mass is 10.1. The summed E-state index contributed by atoms with van der Waals surface area (Å²) in [6.07, 6.45) is 0.962. The lowest BCUT2D eigenvalue weighted by Crippen LogP contribution is -2.32. The molecule has 1 aromatic carbocycles. The summed E-state index contributed by atoms with van der Waals surface area (Å²) in [6, 6.07) is 12.2. The number of pyridine rings is 1. The smallest absolute Gasteiger partial charge is 0.251 e. The molecule has 0 saturated heterocycles. The molecule has 1 aromatic heterocycles. The first-order valence-corrected chi connectivity index (χ1v) is 7.11. The molecule has 0 spiro atoms. The number of hydrogen-bond acceptors (Lipinski definition) is 2. The Hall–Kier alpha value is -2.36. The number of carbonyl (C=O) groups excluding carboxylic acids is 1. The molecule has 0 saturated carbocycles. The van der Waals surface area contributed by atoms with Crippen molar-refractivity contribution in [2.24, 2.45) is 0 Å². The van der Waals surface area contributed by atoms with Gasteiger partial charge in [-0.1, -0.05) is 25.1 Å². The van der Waals surface area contributed by atoms with Crippen molar-refractivity contribution in [2.45, 2.75) is 33.2 Å². The fourth-order valence-corrected chi connectivity index (χ4v) is 2.29. The molecule has 0 aliphatic rings. The van der Waals surface area contributed by atoms with Gasteiger partial charge in [0.25, 0.3) is 5.56 Å². The van der Waals surface area contributed by atoms with Crippen LogP contribution in [0.25, 0.3) is 0 Å². The SMILES string of the molecule is CCc1ccc(NC(=O)C(C)n2c(C)cccc2=O)cc1. The monoisotopic (exact) mass is 284 g/mol.